The first-order valence-electron chi connectivity index (χ1n) is 12.5. The Morgan fingerprint density at radius 3 is 2.19 bits per heavy atom. The lowest BCUT2D eigenvalue weighted by atomic mass is 10.2. The van der Waals surface area contributed by atoms with E-state index in [2.05, 4.69) is 29.9 Å². The van der Waals surface area contributed by atoms with E-state index in [4.69, 9.17) is 18.9 Å². The molecule has 1 N–H and O–H groups in total. The first-order chi connectivity index (χ1) is 20.4. The van der Waals surface area contributed by atoms with Crippen LogP contribution in [0.2, 0.25) is 0 Å². The van der Waals surface area contributed by atoms with Crippen LogP contribution in [0.4, 0.5) is 19.1 Å². The summed E-state index contributed by atoms with van der Waals surface area (Å²) in [4.78, 5) is 12.5. The number of para-hydroxylation sites is 1. The van der Waals surface area contributed by atoms with Crippen molar-refractivity contribution in [1.82, 2.24) is 29.7 Å². The number of benzene rings is 1. The van der Waals surface area contributed by atoms with Crippen LogP contribution in [-0.4, -0.2) is 77.5 Å². The molecule has 43 heavy (non-hydrogen) atoms. The van der Waals surface area contributed by atoms with Crippen LogP contribution < -0.4 is 18.9 Å². The predicted molar refractivity (Wildman–Crippen MR) is 148 cm³/mol. The Morgan fingerprint density at radius 1 is 0.977 bits per heavy atom. The van der Waals surface area contributed by atoms with Crippen molar-refractivity contribution in [2.45, 2.75) is 31.4 Å². The molecule has 3 heterocycles. The number of nitrogens with zero attached hydrogens (tertiary/aromatic N) is 6. The summed E-state index contributed by atoms with van der Waals surface area (Å²) in [5.74, 6) is -0.0709. The Balaban J connectivity index is 1.83. The Labute approximate surface area is 245 Å². The molecule has 0 aliphatic carbocycles. The van der Waals surface area contributed by atoms with Crippen molar-refractivity contribution in [1.29, 1.82) is 0 Å². The molecule has 0 saturated heterocycles. The molecule has 1 aromatic carbocycles. The van der Waals surface area contributed by atoms with Gasteiger partial charge in [-0.05, 0) is 37.6 Å². The van der Waals surface area contributed by atoms with E-state index >= 15 is 0 Å². The van der Waals surface area contributed by atoms with Gasteiger partial charge in [-0.1, -0.05) is 12.1 Å². The lowest BCUT2D eigenvalue weighted by Crippen LogP contribution is -2.33. The summed E-state index contributed by atoms with van der Waals surface area (Å²) < 4.78 is 90.6. The average molecular weight is 624 g/mol. The fourth-order valence-electron chi connectivity index (χ4n) is 4.00. The Hall–Kier alpha value is -4.51. The normalized spacial score (nSPS) is 13.3. The first kappa shape index (κ1) is 31.4. The summed E-state index contributed by atoms with van der Waals surface area (Å²) in [6.07, 6.45) is -2.57. The number of alkyl halides is 3. The minimum atomic E-state index is -4.59. The summed E-state index contributed by atoms with van der Waals surface area (Å²) in [5, 5.41) is 6.94. The van der Waals surface area contributed by atoms with Crippen molar-refractivity contribution in [3.05, 3.63) is 60.2 Å². The molecule has 17 heteroatoms. The summed E-state index contributed by atoms with van der Waals surface area (Å²) in [5.41, 5.74) is 0.980. The van der Waals surface area contributed by atoms with E-state index in [-0.39, 0.29) is 46.4 Å². The molecule has 230 valence electrons. The molecule has 0 aliphatic rings. The maximum absolute atomic E-state index is 13.7. The second-order valence-electron chi connectivity index (χ2n) is 9.09. The number of pyridine rings is 1. The van der Waals surface area contributed by atoms with Gasteiger partial charge in [0.15, 0.2) is 18.3 Å². The Kier molecular flexibility index (Phi) is 9.34. The maximum Gasteiger partial charge on any atom is 0.422 e. The van der Waals surface area contributed by atoms with Crippen LogP contribution in [-0.2, 0) is 14.8 Å². The molecular formula is C26H28F3N7O6S. The monoisotopic (exact) mass is 623 g/mol. The molecule has 4 aromatic rings. The van der Waals surface area contributed by atoms with Gasteiger partial charge >= 0.3 is 6.18 Å². The van der Waals surface area contributed by atoms with Crippen molar-refractivity contribution in [3.8, 4) is 34.6 Å². The van der Waals surface area contributed by atoms with Crippen LogP contribution in [0.3, 0.4) is 0 Å². The molecule has 0 bridgehead atoms. The van der Waals surface area contributed by atoms with Gasteiger partial charge < -0.3 is 18.9 Å². The molecule has 0 fully saturated rings. The summed E-state index contributed by atoms with van der Waals surface area (Å²) >= 11 is 0. The Bertz CT molecular complexity index is 1640. The number of hydrogen-bond donors (Lipinski definition) is 1. The highest BCUT2D eigenvalue weighted by atomic mass is 32.2. The van der Waals surface area contributed by atoms with Crippen LogP contribution in [0.25, 0.3) is 17.2 Å². The molecule has 0 unspecified atom stereocenters. The van der Waals surface area contributed by atoms with E-state index in [0.29, 0.717) is 0 Å². The van der Waals surface area contributed by atoms with Gasteiger partial charge in [0.2, 0.25) is 21.9 Å². The third-order valence-corrected chi connectivity index (χ3v) is 7.78. The van der Waals surface area contributed by atoms with E-state index in [9.17, 15) is 21.6 Å². The van der Waals surface area contributed by atoms with Gasteiger partial charge in [-0.2, -0.15) is 13.2 Å². The van der Waals surface area contributed by atoms with Gasteiger partial charge in [0, 0.05) is 25.6 Å². The zero-order chi connectivity index (χ0) is 31.4. The van der Waals surface area contributed by atoms with E-state index < -0.39 is 34.2 Å². The number of methoxy groups -OCH3 is 3. The van der Waals surface area contributed by atoms with Crippen molar-refractivity contribution in [3.63, 3.8) is 0 Å². The maximum atomic E-state index is 13.7. The second-order valence-corrected chi connectivity index (χ2v) is 11.1. The van der Waals surface area contributed by atoms with Crippen LogP contribution in [0, 0.1) is 6.92 Å². The SMILES string of the molecule is COc1cccc(OC)c1-n1c(NS(=O)(=O)[C@@H](C)[C@H](OC)c2ncc(C)cn2)nnc1-c1cccc(OCC(F)(F)F)n1. The van der Waals surface area contributed by atoms with Crippen LogP contribution in [0.15, 0.2) is 48.8 Å². The number of aryl methyl sites for hydroxylation is 1. The quantitative estimate of drug-likeness (QED) is 0.245. The van der Waals surface area contributed by atoms with E-state index in [0.717, 1.165) is 5.56 Å². The van der Waals surface area contributed by atoms with Gasteiger partial charge in [0.1, 0.15) is 34.2 Å². The number of sulfonamides is 1. The van der Waals surface area contributed by atoms with Crippen molar-refractivity contribution in [2.75, 3.05) is 32.7 Å². The lowest BCUT2D eigenvalue weighted by molar-refractivity contribution is -0.154. The highest BCUT2D eigenvalue weighted by molar-refractivity contribution is 7.93. The molecule has 0 spiro atoms. The second kappa shape index (κ2) is 12.8. The van der Waals surface area contributed by atoms with Gasteiger partial charge in [-0.15, -0.1) is 10.2 Å². The molecule has 2 atom stereocenters. The minimum absolute atomic E-state index is 0.0152. The summed E-state index contributed by atoms with van der Waals surface area (Å²) in [7, 11) is -0.168. The van der Waals surface area contributed by atoms with Crippen LogP contribution in [0.1, 0.15) is 24.4 Å². The third kappa shape index (κ3) is 7.11. The molecule has 0 saturated carbocycles. The van der Waals surface area contributed by atoms with E-state index in [1.165, 1.54) is 63.4 Å². The molecule has 3 aromatic heterocycles. The molecule has 13 nitrogen and oxygen atoms in total. The highest BCUT2D eigenvalue weighted by Crippen LogP contribution is 2.38. The van der Waals surface area contributed by atoms with E-state index in [1.807, 2.05) is 0 Å². The number of ether oxygens (including phenoxy) is 4. The van der Waals surface area contributed by atoms with Gasteiger partial charge in [-0.3, -0.25) is 9.29 Å². The minimum Gasteiger partial charge on any atom is -0.494 e. The van der Waals surface area contributed by atoms with Gasteiger partial charge in [-0.25, -0.2) is 23.4 Å². The largest absolute Gasteiger partial charge is 0.494 e. The smallest absolute Gasteiger partial charge is 0.422 e. The Morgan fingerprint density at radius 2 is 1.60 bits per heavy atom. The van der Waals surface area contributed by atoms with Crippen LogP contribution in [0.5, 0.6) is 17.4 Å². The lowest BCUT2D eigenvalue weighted by Gasteiger charge is -2.23. The molecule has 4 rings (SSSR count). The summed E-state index contributed by atoms with van der Waals surface area (Å²) in [6, 6.07) is 8.92. The predicted octanol–water partition coefficient (Wildman–Crippen LogP) is 3.90. The molecule has 0 radical (unpaired) electrons. The first-order valence-corrected chi connectivity index (χ1v) is 14.1. The standard InChI is InChI=1S/C26H28F3N7O6S/c1-15-12-30-23(31-13-15)22(41-5)16(2)43(37,38)35-25-34-33-24(17-8-6-11-20(32-17)42-14-26(27,28)29)36(25)21-18(39-3)9-7-10-19(21)40-4/h6-13,16,22H,14H2,1-5H3,(H,34,35)/t16-,22-/m0/s1. The number of aromatic nitrogens is 6. The van der Waals surface area contributed by atoms with E-state index in [1.54, 1.807) is 25.1 Å². The highest BCUT2D eigenvalue weighted by Gasteiger charge is 2.35. The number of halogens is 3. The van der Waals surface area contributed by atoms with Gasteiger partial charge in [0.25, 0.3) is 0 Å². The molecule has 0 aliphatic heterocycles. The number of anilines is 1. The number of rotatable bonds is 12. The van der Waals surface area contributed by atoms with Gasteiger partial charge in [0.05, 0.1) is 14.2 Å². The number of nitrogens with one attached hydrogen (secondary N) is 1. The topological polar surface area (TPSA) is 152 Å². The fraction of sp³-hybridized carbons (Fsp3) is 0.346. The average Bonchev–Trinajstić information content (AvgIpc) is 3.38. The summed E-state index contributed by atoms with van der Waals surface area (Å²) in [6.45, 7) is 1.63. The van der Waals surface area contributed by atoms with Crippen molar-refractivity contribution >= 4 is 16.0 Å². The number of hydrogen-bond acceptors (Lipinski definition) is 11. The zero-order valence-corrected chi connectivity index (χ0v) is 24.5. The fourth-order valence-corrected chi connectivity index (χ4v) is 5.13. The molecule has 0 amide bonds. The van der Waals surface area contributed by atoms with Crippen molar-refractivity contribution < 1.29 is 40.5 Å². The zero-order valence-electron chi connectivity index (χ0n) is 23.7. The van der Waals surface area contributed by atoms with Crippen molar-refractivity contribution in [2.24, 2.45) is 0 Å². The molecular weight excluding hydrogens is 595 g/mol. The third-order valence-electron chi connectivity index (χ3n) is 6.08. The van der Waals surface area contributed by atoms with Crippen LogP contribution >= 0.6 is 0 Å².